The SMILES string of the molecule is C=C(C)CCCC(=O)C(C)(C)O[SiH3]. The van der Waals surface area contributed by atoms with Crippen LogP contribution >= 0.6 is 0 Å². The molecule has 0 aromatic rings. The van der Waals surface area contributed by atoms with Crippen molar-refractivity contribution < 1.29 is 9.22 Å². The van der Waals surface area contributed by atoms with Crippen LogP contribution in [-0.4, -0.2) is 21.9 Å². The maximum atomic E-state index is 11.5. The molecule has 0 saturated carbocycles. The molecule has 0 aromatic carbocycles. The number of ketones is 1. The predicted molar refractivity (Wildman–Crippen MR) is 58.8 cm³/mol. The lowest BCUT2D eigenvalue weighted by atomic mass is 9.98. The Morgan fingerprint density at radius 2 is 2.00 bits per heavy atom. The van der Waals surface area contributed by atoms with E-state index in [-0.39, 0.29) is 5.78 Å². The number of hydrogen-bond donors (Lipinski definition) is 0. The van der Waals surface area contributed by atoms with E-state index in [1.807, 2.05) is 20.8 Å². The highest BCUT2D eigenvalue weighted by Crippen LogP contribution is 2.14. The molecule has 0 aromatic heterocycles. The molecule has 0 aliphatic rings. The van der Waals surface area contributed by atoms with Gasteiger partial charge in [0.1, 0.15) is 16.1 Å². The minimum atomic E-state index is -0.568. The summed E-state index contributed by atoms with van der Waals surface area (Å²) in [6.07, 6.45) is 2.42. The fraction of sp³-hybridized carbons (Fsp3) is 0.700. The van der Waals surface area contributed by atoms with Crippen molar-refractivity contribution in [3.05, 3.63) is 12.2 Å². The molecule has 0 bridgehead atoms. The zero-order chi connectivity index (χ0) is 10.5. The molecule has 0 spiro atoms. The molecule has 0 aliphatic heterocycles. The largest absolute Gasteiger partial charge is 0.416 e. The van der Waals surface area contributed by atoms with Gasteiger partial charge in [-0.3, -0.25) is 4.79 Å². The fourth-order valence-electron chi connectivity index (χ4n) is 0.966. The average molecular weight is 200 g/mol. The maximum absolute atomic E-state index is 11.5. The third kappa shape index (κ3) is 5.00. The van der Waals surface area contributed by atoms with E-state index in [0.717, 1.165) is 18.4 Å². The summed E-state index contributed by atoms with van der Waals surface area (Å²) in [5.41, 5.74) is 0.568. The molecule has 0 heterocycles. The number of allylic oxidation sites excluding steroid dienone is 1. The Labute approximate surface area is 83.9 Å². The lowest BCUT2D eigenvalue weighted by Gasteiger charge is -2.21. The van der Waals surface area contributed by atoms with Crippen LogP contribution in [0.15, 0.2) is 12.2 Å². The summed E-state index contributed by atoms with van der Waals surface area (Å²) in [6.45, 7) is 9.46. The van der Waals surface area contributed by atoms with E-state index >= 15 is 0 Å². The number of rotatable bonds is 6. The number of carbonyl (C=O) groups excluding carboxylic acids is 1. The summed E-state index contributed by atoms with van der Waals surface area (Å²) in [4.78, 5) is 11.5. The van der Waals surface area contributed by atoms with Gasteiger partial charge < -0.3 is 4.43 Å². The summed E-state index contributed by atoms with van der Waals surface area (Å²) in [7, 11) is 0.612. The highest BCUT2D eigenvalue weighted by atomic mass is 28.2. The zero-order valence-corrected chi connectivity index (χ0v) is 11.1. The van der Waals surface area contributed by atoms with Gasteiger partial charge in [0.05, 0.1) is 0 Å². The number of Topliss-reactive ketones (excluding diaryl/α,β-unsaturated/α-hetero) is 1. The van der Waals surface area contributed by atoms with Crippen molar-refractivity contribution in [3.63, 3.8) is 0 Å². The Morgan fingerprint density at radius 1 is 1.46 bits per heavy atom. The van der Waals surface area contributed by atoms with Crippen LogP contribution < -0.4 is 0 Å². The minimum absolute atomic E-state index is 0.198. The monoisotopic (exact) mass is 200 g/mol. The molecular formula is C10H20O2Si. The van der Waals surface area contributed by atoms with Gasteiger partial charge >= 0.3 is 0 Å². The molecule has 0 fully saturated rings. The molecule has 0 saturated heterocycles. The van der Waals surface area contributed by atoms with Gasteiger partial charge in [0.2, 0.25) is 0 Å². The molecule has 13 heavy (non-hydrogen) atoms. The van der Waals surface area contributed by atoms with Crippen LogP contribution in [0.4, 0.5) is 0 Å². The van der Waals surface area contributed by atoms with Gasteiger partial charge in [-0.25, -0.2) is 0 Å². The van der Waals surface area contributed by atoms with Crippen molar-refractivity contribution in [1.29, 1.82) is 0 Å². The van der Waals surface area contributed by atoms with Crippen LogP contribution in [0.1, 0.15) is 40.0 Å². The van der Waals surface area contributed by atoms with Crippen LogP contribution in [0.5, 0.6) is 0 Å². The molecule has 0 amide bonds. The molecule has 0 N–H and O–H groups in total. The standard InChI is InChI=1S/C10H20O2Si/c1-8(2)6-5-7-9(11)10(3,4)12-13/h1,5-7H2,2-4,13H3. The van der Waals surface area contributed by atoms with Crippen molar-refractivity contribution in [2.24, 2.45) is 0 Å². The van der Waals surface area contributed by atoms with Crippen molar-refractivity contribution in [3.8, 4) is 0 Å². The second-order valence-electron chi connectivity index (χ2n) is 3.95. The van der Waals surface area contributed by atoms with Crippen LogP contribution in [0.3, 0.4) is 0 Å². The lowest BCUT2D eigenvalue weighted by molar-refractivity contribution is -0.131. The van der Waals surface area contributed by atoms with Crippen molar-refractivity contribution in [2.45, 2.75) is 45.6 Å². The number of hydrogen-bond acceptors (Lipinski definition) is 2. The van der Waals surface area contributed by atoms with E-state index in [0.29, 0.717) is 16.9 Å². The van der Waals surface area contributed by atoms with Gasteiger partial charge in [-0.1, -0.05) is 5.57 Å². The smallest absolute Gasteiger partial charge is 0.162 e. The molecule has 3 heteroatoms. The Hall–Kier alpha value is -0.413. The third-order valence-electron chi connectivity index (χ3n) is 2.19. The van der Waals surface area contributed by atoms with Crippen molar-refractivity contribution in [2.75, 3.05) is 0 Å². The second kappa shape index (κ2) is 5.35. The minimum Gasteiger partial charge on any atom is -0.416 e. The molecule has 0 unspecified atom stereocenters. The first-order chi connectivity index (χ1) is 5.90. The van der Waals surface area contributed by atoms with Crippen LogP contribution in [0.25, 0.3) is 0 Å². The second-order valence-corrected chi connectivity index (χ2v) is 4.36. The molecule has 76 valence electrons. The first-order valence-electron chi connectivity index (χ1n) is 4.63. The molecule has 2 nitrogen and oxygen atoms in total. The summed E-state index contributed by atoms with van der Waals surface area (Å²) in [5.74, 6) is 0.198. The van der Waals surface area contributed by atoms with Gasteiger partial charge in [-0.05, 0) is 33.6 Å². The van der Waals surface area contributed by atoms with E-state index < -0.39 is 5.60 Å². The highest BCUT2D eigenvalue weighted by molar-refractivity contribution is 6.01. The van der Waals surface area contributed by atoms with E-state index in [1.54, 1.807) is 0 Å². The van der Waals surface area contributed by atoms with Crippen LogP contribution in [0.2, 0.25) is 0 Å². The maximum Gasteiger partial charge on any atom is 0.162 e. The van der Waals surface area contributed by atoms with E-state index in [9.17, 15) is 4.79 Å². The predicted octanol–water partition coefficient (Wildman–Crippen LogP) is 1.38. The Morgan fingerprint density at radius 3 is 2.38 bits per heavy atom. The zero-order valence-electron chi connectivity index (χ0n) is 9.14. The van der Waals surface area contributed by atoms with Crippen LogP contribution in [-0.2, 0) is 9.22 Å². The molecule has 0 atom stereocenters. The molecule has 0 rings (SSSR count). The fourth-order valence-corrected chi connectivity index (χ4v) is 1.19. The average Bonchev–Trinajstić information content (AvgIpc) is 2.03. The van der Waals surface area contributed by atoms with Gasteiger partial charge in [0.15, 0.2) is 5.78 Å². The van der Waals surface area contributed by atoms with Gasteiger partial charge in [-0.15, -0.1) is 6.58 Å². The van der Waals surface area contributed by atoms with E-state index in [2.05, 4.69) is 6.58 Å². The Kier molecular flexibility index (Phi) is 5.18. The number of carbonyl (C=O) groups is 1. The van der Waals surface area contributed by atoms with E-state index in [4.69, 9.17) is 4.43 Å². The normalized spacial score (nSPS) is 11.6. The summed E-state index contributed by atoms with van der Waals surface area (Å²) in [6, 6.07) is 0. The van der Waals surface area contributed by atoms with E-state index in [1.165, 1.54) is 0 Å². The van der Waals surface area contributed by atoms with Crippen molar-refractivity contribution in [1.82, 2.24) is 0 Å². The topological polar surface area (TPSA) is 26.3 Å². The van der Waals surface area contributed by atoms with Crippen LogP contribution in [0, 0.1) is 0 Å². The molecular weight excluding hydrogens is 180 g/mol. The lowest BCUT2D eigenvalue weighted by Crippen LogP contribution is -2.34. The van der Waals surface area contributed by atoms with Gasteiger partial charge in [0.25, 0.3) is 0 Å². The first kappa shape index (κ1) is 12.6. The highest BCUT2D eigenvalue weighted by Gasteiger charge is 2.24. The van der Waals surface area contributed by atoms with Crippen molar-refractivity contribution >= 4 is 16.3 Å². The quantitative estimate of drug-likeness (QED) is 0.478. The summed E-state index contributed by atoms with van der Waals surface area (Å²) >= 11 is 0. The molecule has 0 aliphatic carbocycles. The Bertz CT molecular complexity index is 197. The summed E-state index contributed by atoms with van der Waals surface area (Å²) < 4.78 is 5.22. The van der Waals surface area contributed by atoms with Gasteiger partial charge in [-0.2, -0.15) is 0 Å². The Balaban J connectivity index is 3.81. The first-order valence-corrected chi connectivity index (χ1v) is 5.44. The van der Waals surface area contributed by atoms with Gasteiger partial charge in [0, 0.05) is 6.42 Å². The summed E-state index contributed by atoms with van der Waals surface area (Å²) in [5, 5.41) is 0. The third-order valence-corrected chi connectivity index (χ3v) is 3.21. The molecule has 0 radical (unpaired) electrons.